The molecule has 3 atom stereocenters. The molecule has 0 aromatic heterocycles. The molecule has 116 valence electrons. The van der Waals surface area contributed by atoms with E-state index in [0.29, 0.717) is 12.3 Å². The smallest absolute Gasteiger partial charge is 0.303 e. The number of aliphatic carboxylic acids is 1. The largest absolute Gasteiger partial charge is 0.481 e. The SMILES string of the molecule is CC(C)C1CCCC(N2CCCC(CCC(=O)O)C2)C1. The Kier molecular flexibility index (Phi) is 5.88. The topological polar surface area (TPSA) is 40.5 Å². The van der Waals surface area contributed by atoms with Crippen molar-refractivity contribution in [2.45, 2.75) is 71.3 Å². The summed E-state index contributed by atoms with van der Waals surface area (Å²) in [4.78, 5) is 13.4. The van der Waals surface area contributed by atoms with Gasteiger partial charge in [-0.05, 0) is 56.4 Å². The van der Waals surface area contributed by atoms with Crippen LogP contribution in [0.25, 0.3) is 0 Å². The highest BCUT2D eigenvalue weighted by Crippen LogP contribution is 2.34. The van der Waals surface area contributed by atoms with Crippen LogP contribution in [-0.4, -0.2) is 35.1 Å². The Balaban J connectivity index is 1.83. The highest BCUT2D eigenvalue weighted by molar-refractivity contribution is 5.66. The van der Waals surface area contributed by atoms with Crippen molar-refractivity contribution in [3.05, 3.63) is 0 Å². The minimum atomic E-state index is -0.639. The lowest BCUT2D eigenvalue weighted by atomic mass is 9.78. The first-order valence-corrected chi connectivity index (χ1v) is 8.52. The lowest BCUT2D eigenvalue weighted by molar-refractivity contribution is -0.137. The van der Waals surface area contributed by atoms with Gasteiger partial charge in [-0.1, -0.05) is 26.7 Å². The summed E-state index contributed by atoms with van der Waals surface area (Å²) in [5.74, 6) is 1.68. The fraction of sp³-hybridized carbons (Fsp3) is 0.941. The molecule has 3 heteroatoms. The maximum atomic E-state index is 10.7. The molecule has 2 fully saturated rings. The summed E-state index contributed by atoms with van der Waals surface area (Å²) in [7, 11) is 0. The fourth-order valence-corrected chi connectivity index (χ4v) is 4.13. The molecule has 0 radical (unpaired) electrons. The van der Waals surface area contributed by atoms with Crippen molar-refractivity contribution in [3.63, 3.8) is 0 Å². The summed E-state index contributed by atoms with van der Waals surface area (Å²) in [5.41, 5.74) is 0. The van der Waals surface area contributed by atoms with E-state index in [0.717, 1.165) is 30.8 Å². The third-order valence-electron chi connectivity index (χ3n) is 5.46. The number of carboxylic acid groups (broad SMARTS) is 1. The number of piperidine rings is 1. The Bertz CT molecular complexity index is 316. The Morgan fingerprint density at radius 1 is 1.25 bits per heavy atom. The predicted molar refractivity (Wildman–Crippen MR) is 81.8 cm³/mol. The summed E-state index contributed by atoms with van der Waals surface area (Å²) >= 11 is 0. The van der Waals surface area contributed by atoms with Gasteiger partial charge >= 0.3 is 5.97 Å². The van der Waals surface area contributed by atoms with Crippen molar-refractivity contribution >= 4 is 5.97 Å². The van der Waals surface area contributed by atoms with Crippen LogP contribution in [-0.2, 0) is 4.79 Å². The van der Waals surface area contributed by atoms with Gasteiger partial charge in [-0.25, -0.2) is 0 Å². The van der Waals surface area contributed by atoms with E-state index in [1.165, 1.54) is 45.1 Å². The Labute approximate surface area is 123 Å². The molecule has 0 aromatic carbocycles. The zero-order chi connectivity index (χ0) is 14.5. The van der Waals surface area contributed by atoms with Crippen LogP contribution in [0, 0.1) is 17.8 Å². The summed E-state index contributed by atoms with van der Waals surface area (Å²) in [6, 6.07) is 0.767. The van der Waals surface area contributed by atoms with Crippen molar-refractivity contribution in [1.82, 2.24) is 4.90 Å². The molecule has 1 N–H and O–H groups in total. The Morgan fingerprint density at radius 2 is 2.05 bits per heavy atom. The van der Waals surface area contributed by atoms with Crippen LogP contribution in [0.3, 0.4) is 0 Å². The maximum Gasteiger partial charge on any atom is 0.303 e. The number of nitrogens with zero attached hydrogens (tertiary/aromatic N) is 1. The van der Waals surface area contributed by atoms with Crippen LogP contribution >= 0.6 is 0 Å². The molecule has 2 aliphatic rings. The van der Waals surface area contributed by atoms with Crippen molar-refractivity contribution in [3.8, 4) is 0 Å². The second-order valence-corrected chi connectivity index (χ2v) is 7.26. The molecule has 1 saturated carbocycles. The van der Waals surface area contributed by atoms with Crippen LogP contribution in [0.1, 0.15) is 65.2 Å². The van der Waals surface area contributed by atoms with E-state index in [-0.39, 0.29) is 0 Å². The van der Waals surface area contributed by atoms with Gasteiger partial charge in [0.05, 0.1) is 0 Å². The second-order valence-electron chi connectivity index (χ2n) is 7.26. The molecular formula is C17H31NO2. The minimum Gasteiger partial charge on any atom is -0.481 e. The molecule has 2 rings (SSSR count). The average Bonchev–Trinajstić information content (AvgIpc) is 2.45. The van der Waals surface area contributed by atoms with Gasteiger partial charge in [0, 0.05) is 19.0 Å². The lowest BCUT2D eigenvalue weighted by Crippen LogP contribution is -2.45. The Hall–Kier alpha value is -0.570. The third-order valence-corrected chi connectivity index (χ3v) is 5.46. The zero-order valence-corrected chi connectivity index (χ0v) is 13.2. The van der Waals surface area contributed by atoms with Gasteiger partial charge < -0.3 is 10.0 Å². The summed E-state index contributed by atoms with van der Waals surface area (Å²) in [6.07, 6.45) is 9.20. The molecule has 0 aromatic rings. The van der Waals surface area contributed by atoms with Crippen LogP contribution in [0.15, 0.2) is 0 Å². The van der Waals surface area contributed by atoms with Crippen LogP contribution in [0.4, 0.5) is 0 Å². The number of hydrogen-bond acceptors (Lipinski definition) is 2. The zero-order valence-electron chi connectivity index (χ0n) is 13.2. The van der Waals surface area contributed by atoms with Crippen molar-refractivity contribution in [1.29, 1.82) is 0 Å². The first-order chi connectivity index (χ1) is 9.56. The van der Waals surface area contributed by atoms with Gasteiger partial charge in [0.15, 0.2) is 0 Å². The molecule has 1 aliphatic carbocycles. The van der Waals surface area contributed by atoms with Gasteiger partial charge in [0.1, 0.15) is 0 Å². The van der Waals surface area contributed by atoms with Crippen LogP contribution < -0.4 is 0 Å². The molecule has 1 aliphatic heterocycles. The number of carboxylic acids is 1. The number of likely N-dealkylation sites (tertiary alicyclic amines) is 1. The normalized spacial score (nSPS) is 32.5. The van der Waals surface area contributed by atoms with Gasteiger partial charge in [0.25, 0.3) is 0 Å². The molecule has 1 heterocycles. The number of carbonyl (C=O) groups is 1. The van der Waals surface area contributed by atoms with E-state index in [4.69, 9.17) is 5.11 Å². The summed E-state index contributed by atoms with van der Waals surface area (Å²) in [5, 5.41) is 8.84. The molecule has 0 amide bonds. The molecule has 20 heavy (non-hydrogen) atoms. The van der Waals surface area contributed by atoms with E-state index < -0.39 is 5.97 Å². The molecule has 3 unspecified atom stereocenters. The van der Waals surface area contributed by atoms with Crippen molar-refractivity contribution in [2.24, 2.45) is 17.8 Å². The minimum absolute atomic E-state index is 0.345. The van der Waals surface area contributed by atoms with Gasteiger partial charge in [-0.15, -0.1) is 0 Å². The quantitative estimate of drug-likeness (QED) is 0.833. The van der Waals surface area contributed by atoms with E-state index >= 15 is 0 Å². The lowest BCUT2D eigenvalue weighted by Gasteiger charge is -2.42. The van der Waals surface area contributed by atoms with Gasteiger partial charge in [-0.3, -0.25) is 4.79 Å². The van der Waals surface area contributed by atoms with Crippen molar-refractivity contribution < 1.29 is 9.90 Å². The number of hydrogen-bond donors (Lipinski definition) is 1. The van der Waals surface area contributed by atoms with Crippen LogP contribution in [0.5, 0.6) is 0 Å². The van der Waals surface area contributed by atoms with Crippen LogP contribution in [0.2, 0.25) is 0 Å². The van der Waals surface area contributed by atoms with E-state index in [9.17, 15) is 4.79 Å². The van der Waals surface area contributed by atoms with E-state index in [2.05, 4.69) is 18.7 Å². The molecule has 1 saturated heterocycles. The average molecular weight is 281 g/mol. The molecular weight excluding hydrogens is 250 g/mol. The highest BCUT2D eigenvalue weighted by Gasteiger charge is 2.31. The van der Waals surface area contributed by atoms with E-state index in [1.807, 2.05) is 0 Å². The first-order valence-electron chi connectivity index (χ1n) is 8.52. The summed E-state index contributed by atoms with van der Waals surface area (Å²) < 4.78 is 0. The van der Waals surface area contributed by atoms with E-state index in [1.54, 1.807) is 0 Å². The second kappa shape index (κ2) is 7.44. The van der Waals surface area contributed by atoms with Crippen molar-refractivity contribution in [2.75, 3.05) is 13.1 Å². The maximum absolute atomic E-state index is 10.7. The van der Waals surface area contributed by atoms with Gasteiger partial charge in [-0.2, -0.15) is 0 Å². The summed E-state index contributed by atoms with van der Waals surface area (Å²) in [6.45, 7) is 7.10. The number of rotatable bonds is 5. The van der Waals surface area contributed by atoms with Gasteiger partial charge in [0.2, 0.25) is 0 Å². The highest BCUT2D eigenvalue weighted by atomic mass is 16.4. The molecule has 3 nitrogen and oxygen atoms in total. The third kappa shape index (κ3) is 4.47. The fourth-order valence-electron chi connectivity index (χ4n) is 4.13. The first kappa shape index (κ1) is 15.8. The molecule has 0 spiro atoms. The standard InChI is InChI=1S/C17H31NO2/c1-13(2)15-6-3-7-16(11-15)18-10-4-5-14(12-18)8-9-17(19)20/h13-16H,3-12H2,1-2H3,(H,19,20). The molecule has 0 bridgehead atoms. The monoisotopic (exact) mass is 281 g/mol. The predicted octanol–water partition coefficient (Wildman–Crippen LogP) is 3.78. The Morgan fingerprint density at radius 3 is 2.75 bits per heavy atom.